The first-order valence-corrected chi connectivity index (χ1v) is 12.3. The average molecular weight is 557 g/mol. The monoisotopic (exact) mass is 556 g/mol. The number of nitrogens with zero attached hydrogens (tertiary/aromatic N) is 2. The molecule has 4 rings (SSSR count). The summed E-state index contributed by atoms with van der Waals surface area (Å²) < 4.78 is 48.5. The molecule has 0 bridgehead atoms. The topological polar surface area (TPSA) is 113 Å². The van der Waals surface area contributed by atoms with E-state index < -0.39 is 76.8 Å². The molecule has 12 heteroatoms. The molecule has 2 amide bonds. The van der Waals surface area contributed by atoms with E-state index in [9.17, 15) is 32.7 Å². The Morgan fingerprint density at radius 3 is 2.42 bits per heavy atom. The molecule has 0 fully saturated rings. The van der Waals surface area contributed by atoms with Gasteiger partial charge >= 0.3 is 0 Å². The maximum atomic E-state index is 14.1. The maximum Gasteiger partial charge on any atom is 0.276 e. The summed E-state index contributed by atoms with van der Waals surface area (Å²) in [5.41, 5.74) is 1.30. The first-order valence-electron chi connectivity index (χ1n) is 12.3. The first kappa shape index (κ1) is 28.4. The van der Waals surface area contributed by atoms with Crippen LogP contribution in [-0.2, 0) is 13.2 Å². The highest BCUT2D eigenvalue weighted by molar-refractivity contribution is 5.99. The van der Waals surface area contributed by atoms with Gasteiger partial charge in [-0.1, -0.05) is 42.5 Å². The molecule has 3 N–H and O–H groups in total. The van der Waals surface area contributed by atoms with Crippen LogP contribution >= 0.6 is 0 Å². The highest BCUT2D eigenvalue weighted by Gasteiger charge is 2.30. The van der Waals surface area contributed by atoms with Gasteiger partial charge in [-0.25, -0.2) is 13.2 Å². The number of hydrogen-bond donors (Lipinski definition) is 3. The molecule has 210 valence electrons. The van der Waals surface area contributed by atoms with Crippen molar-refractivity contribution >= 4 is 11.8 Å². The number of hydrogen-bond acceptors (Lipinski definition) is 6. The maximum absolute atomic E-state index is 14.1. The Bertz CT molecular complexity index is 1490. The molecule has 2 aromatic carbocycles. The van der Waals surface area contributed by atoms with Crippen molar-refractivity contribution in [1.82, 2.24) is 14.9 Å². The molecule has 3 aromatic rings. The number of carbonyl (C=O) groups excluding carboxylic acids is 2. The zero-order valence-corrected chi connectivity index (χ0v) is 21.7. The largest absolute Gasteiger partial charge is 0.482 e. The van der Waals surface area contributed by atoms with Crippen LogP contribution in [0.3, 0.4) is 0 Å². The molecular formula is C28H27F3N4O5. The normalized spacial score (nSPS) is 17.6. The van der Waals surface area contributed by atoms with E-state index in [1.807, 2.05) is 0 Å². The second kappa shape index (κ2) is 12.1. The van der Waals surface area contributed by atoms with Gasteiger partial charge in [0.15, 0.2) is 11.4 Å². The minimum absolute atomic E-state index is 0.117. The number of likely N-dealkylation sites (N-methyl/N-ethyl adjacent to an activating group) is 1. The summed E-state index contributed by atoms with van der Waals surface area (Å²) >= 11 is 0. The summed E-state index contributed by atoms with van der Waals surface area (Å²) in [5.74, 6) is -5.61. The van der Waals surface area contributed by atoms with Gasteiger partial charge in [0, 0.05) is 43.5 Å². The van der Waals surface area contributed by atoms with Gasteiger partial charge in [-0.05, 0) is 12.5 Å². The second-order valence-electron chi connectivity index (χ2n) is 9.18. The SMILES string of the molecule is C[C@H]1/C=C\[C@@H](CO)Nn2cc(C(=O)NCc3c(F)cc(F)cc3F)c(=O)c(OCc3ccccc3)c2C(=O)N1C. The third-order valence-corrected chi connectivity index (χ3v) is 6.42. The predicted molar refractivity (Wildman–Crippen MR) is 140 cm³/mol. The van der Waals surface area contributed by atoms with Crippen molar-refractivity contribution in [2.24, 2.45) is 0 Å². The minimum atomic E-state index is -1.21. The van der Waals surface area contributed by atoms with Crippen LogP contribution in [0.2, 0.25) is 0 Å². The van der Waals surface area contributed by atoms with E-state index in [1.165, 1.54) is 11.9 Å². The summed E-state index contributed by atoms with van der Waals surface area (Å²) in [6.45, 7) is 0.551. The van der Waals surface area contributed by atoms with Gasteiger partial charge in [0.05, 0.1) is 12.6 Å². The summed E-state index contributed by atoms with van der Waals surface area (Å²) in [7, 11) is 1.53. The molecule has 1 aliphatic rings. The Morgan fingerprint density at radius 1 is 1.10 bits per heavy atom. The Balaban J connectivity index is 1.79. The number of fused-ring (bicyclic) bond motifs is 1. The predicted octanol–water partition coefficient (Wildman–Crippen LogP) is 2.71. The van der Waals surface area contributed by atoms with Crippen LogP contribution in [0.4, 0.5) is 13.2 Å². The van der Waals surface area contributed by atoms with Crippen LogP contribution < -0.4 is 20.9 Å². The van der Waals surface area contributed by atoms with Gasteiger partial charge in [0.25, 0.3) is 11.8 Å². The van der Waals surface area contributed by atoms with E-state index >= 15 is 0 Å². The van der Waals surface area contributed by atoms with Crippen molar-refractivity contribution in [3.8, 4) is 5.75 Å². The van der Waals surface area contributed by atoms with Crippen molar-refractivity contribution in [3.63, 3.8) is 0 Å². The number of pyridine rings is 1. The molecule has 0 saturated heterocycles. The molecule has 1 aliphatic heterocycles. The van der Waals surface area contributed by atoms with Crippen molar-refractivity contribution in [2.45, 2.75) is 32.2 Å². The average Bonchev–Trinajstić information content (AvgIpc) is 2.97. The van der Waals surface area contributed by atoms with Crippen LogP contribution in [0.1, 0.15) is 38.9 Å². The van der Waals surface area contributed by atoms with Crippen molar-refractivity contribution in [2.75, 3.05) is 19.1 Å². The second-order valence-corrected chi connectivity index (χ2v) is 9.18. The van der Waals surface area contributed by atoms with E-state index in [4.69, 9.17) is 4.74 Å². The Kier molecular flexibility index (Phi) is 8.58. The fourth-order valence-corrected chi connectivity index (χ4v) is 4.02. The summed E-state index contributed by atoms with van der Waals surface area (Å²) in [5, 5.41) is 12.1. The molecule has 0 aliphatic carbocycles. The van der Waals surface area contributed by atoms with E-state index in [0.717, 1.165) is 10.9 Å². The molecule has 2 heterocycles. The lowest BCUT2D eigenvalue weighted by Gasteiger charge is -2.25. The lowest BCUT2D eigenvalue weighted by atomic mass is 10.1. The van der Waals surface area contributed by atoms with Gasteiger partial charge in [-0.3, -0.25) is 19.1 Å². The number of halogens is 3. The van der Waals surface area contributed by atoms with Gasteiger partial charge < -0.3 is 25.5 Å². The Morgan fingerprint density at radius 2 is 1.77 bits per heavy atom. The van der Waals surface area contributed by atoms with Crippen molar-refractivity contribution in [3.05, 3.63) is 111 Å². The minimum Gasteiger partial charge on any atom is -0.482 e. The lowest BCUT2D eigenvalue weighted by Crippen LogP contribution is -2.40. The van der Waals surface area contributed by atoms with Crippen LogP contribution in [0.25, 0.3) is 0 Å². The van der Waals surface area contributed by atoms with Crippen LogP contribution in [0, 0.1) is 17.5 Å². The quantitative estimate of drug-likeness (QED) is 0.386. The molecule has 9 nitrogen and oxygen atoms in total. The van der Waals surface area contributed by atoms with Gasteiger partial charge in [-0.15, -0.1) is 0 Å². The molecule has 0 unspecified atom stereocenters. The molecule has 0 saturated carbocycles. The van der Waals surface area contributed by atoms with E-state index in [1.54, 1.807) is 49.4 Å². The molecular weight excluding hydrogens is 529 g/mol. The standard InChI is InChI=1S/C28H27F3N4O5/c1-16-8-9-19(14-36)33-35-13-21(27(38)32-12-20-22(30)10-18(29)11-23(20)31)25(37)26(24(35)28(39)34(16)2)40-15-17-6-4-3-5-7-17/h3-11,13,16,19,33,36H,12,14-15H2,1-2H3,(H,32,38)/b9-8-/t16-,19-/m0/s1. The number of amides is 2. The van der Waals surface area contributed by atoms with Crippen molar-refractivity contribution < 1.29 is 32.6 Å². The van der Waals surface area contributed by atoms with Crippen molar-refractivity contribution in [1.29, 1.82) is 0 Å². The molecule has 0 radical (unpaired) electrons. The third-order valence-electron chi connectivity index (χ3n) is 6.42. The number of rotatable bonds is 7. The number of aliphatic hydroxyl groups excluding tert-OH is 1. The number of benzene rings is 2. The van der Waals surface area contributed by atoms with Crippen LogP contribution in [0.15, 0.2) is 65.6 Å². The summed E-state index contributed by atoms with van der Waals surface area (Å²) in [6.07, 6.45) is 4.38. The lowest BCUT2D eigenvalue weighted by molar-refractivity contribution is 0.0752. The first-order chi connectivity index (χ1) is 19.1. The van der Waals surface area contributed by atoms with E-state index in [-0.39, 0.29) is 12.3 Å². The zero-order valence-electron chi connectivity index (χ0n) is 21.7. The fourth-order valence-electron chi connectivity index (χ4n) is 4.02. The highest BCUT2D eigenvalue weighted by atomic mass is 19.1. The number of ether oxygens (including phenoxy) is 1. The number of carbonyl (C=O) groups is 2. The molecule has 1 aromatic heterocycles. The fraction of sp³-hybridized carbons (Fsp3) is 0.250. The van der Waals surface area contributed by atoms with E-state index in [2.05, 4.69) is 10.7 Å². The zero-order chi connectivity index (χ0) is 29.0. The number of nitrogens with one attached hydrogen (secondary N) is 2. The van der Waals surface area contributed by atoms with Gasteiger partial charge in [0.1, 0.15) is 29.6 Å². The molecule has 2 atom stereocenters. The van der Waals surface area contributed by atoms with Crippen LogP contribution in [-0.4, -0.2) is 52.2 Å². The number of aliphatic hydroxyl groups is 1. The Labute approximate surface area is 227 Å². The van der Waals surface area contributed by atoms with Gasteiger partial charge in [0.2, 0.25) is 5.43 Å². The number of aromatic nitrogens is 1. The summed E-state index contributed by atoms with van der Waals surface area (Å²) in [6, 6.07) is 8.61. The van der Waals surface area contributed by atoms with E-state index in [0.29, 0.717) is 17.7 Å². The van der Waals surface area contributed by atoms with Crippen LogP contribution in [0.5, 0.6) is 5.75 Å². The molecule has 0 spiro atoms. The van der Waals surface area contributed by atoms with Gasteiger partial charge in [-0.2, -0.15) is 0 Å². The Hall–Kier alpha value is -4.58. The third kappa shape index (κ3) is 6.01. The smallest absolute Gasteiger partial charge is 0.276 e. The molecule has 40 heavy (non-hydrogen) atoms. The summed E-state index contributed by atoms with van der Waals surface area (Å²) in [4.78, 5) is 41.6. The highest BCUT2D eigenvalue weighted by Crippen LogP contribution is 2.21.